The minimum Gasteiger partial charge on any atom is -0.255 e. The van der Waals surface area contributed by atoms with Crippen molar-refractivity contribution in [3.05, 3.63) is 28.7 Å². The van der Waals surface area contributed by atoms with Crippen LogP contribution in [0.5, 0.6) is 0 Å². The number of benzene rings is 1. The highest BCUT2D eigenvalue weighted by atomic mass is 79.9. The van der Waals surface area contributed by atoms with Crippen molar-refractivity contribution in [2.24, 2.45) is 0 Å². The van der Waals surface area contributed by atoms with Crippen LogP contribution in [0.15, 0.2) is 33.6 Å². The minimum atomic E-state index is -0.869. The lowest BCUT2D eigenvalue weighted by atomic mass is 10.4. The monoisotopic (exact) mass is 218 g/mol. The fraction of sp³-hybridized carbons (Fsp3) is 0.143. The van der Waals surface area contributed by atoms with Gasteiger partial charge in [0.25, 0.3) is 0 Å². The molecule has 0 aromatic heterocycles. The Balaban J connectivity index is 3.07. The molecule has 0 fully saturated rings. The first-order valence-electron chi connectivity index (χ1n) is 2.79. The van der Waals surface area contributed by atoms with Gasteiger partial charge in [0.15, 0.2) is 0 Å². The van der Waals surface area contributed by atoms with Gasteiger partial charge in [-0.05, 0) is 18.2 Å². The summed E-state index contributed by atoms with van der Waals surface area (Å²) in [4.78, 5) is 0.856. The van der Waals surface area contributed by atoms with E-state index in [0.717, 1.165) is 9.37 Å². The molecule has 54 valence electrons. The van der Waals surface area contributed by atoms with E-state index in [1.54, 1.807) is 6.26 Å². The zero-order chi connectivity index (χ0) is 7.56. The van der Waals surface area contributed by atoms with Gasteiger partial charge in [-0.15, -0.1) is 0 Å². The van der Waals surface area contributed by atoms with Gasteiger partial charge in [-0.1, -0.05) is 22.0 Å². The molecule has 0 radical (unpaired) electrons. The van der Waals surface area contributed by atoms with Crippen LogP contribution in [0.4, 0.5) is 0 Å². The van der Waals surface area contributed by atoms with Gasteiger partial charge in [0.05, 0.1) is 0 Å². The average Bonchev–Trinajstić information content (AvgIpc) is 1.88. The molecular formula is C7H7BrOS. The molecule has 1 atom stereocenters. The van der Waals surface area contributed by atoms with Crippen molar-refractivity contribution in [2.75, 3.05) is 6.26 Å². The summed E-state index contributed by atoms with van der Waals surface area (Å²) in [5, 5.41) is 0. The van der Waals surface area contributed by atoms with Crippen LogP contribution in [0.1, 0.15) is 0 Å². The highest BCUT2D eigenvalue weighted by Crippen LogP contribution is 2.13. The van der Waals surface area contributed by atoms with Crippen LogP contribution >= 0.6 is 15.9 Å². The molecule has 0 heterocycles. The van der Waals surface area contributed by atoms with Crippen molar-refractivity contribution in [3.8, 4) is 0 Å². The van der Waals surface area contributed by atoms with E-state index in [4.69, 9.17) is 0 Å². The van der Waals surface area contributed by atoms with Crippen LogP contribution in [-0.2, 0) is 10.8 Å². The third kappa shape index (κ3) is 1.92. The number of halogens is 1. The topological polar surface area (TPSA) is 17.1 Å². The maximum atomic E-state index is 10.9. The predicted molar refractivity (Wildman–Crippen MR) is 46.5 cm³/mol. The number of hydrogen-bond donors (Lipinski definition) is 0. The van der Waals surface area contributed by atoms with Gasteiger partial charge in [-0.25, -0.2) is 0 Å². The molecule has 1 aromatic rings. The van der Waals surface area contributed by atoms with E-state index in [9.17, 15) is 4.21 Å². The number of hydrogen-bond acceptors (Lipinski definition) is 1. The lowest BCUT2D eigenvalue weighted by Crippen LogP contribution is -1.85. The lowest BCUT2D eigenvalue weighted by molar-refractivity contribution is 0.687. The molecule has 0 bridgehead atoms. The summed E-state index contributed by atoms with van der Waals surface area (Å²) < 4.78 is 11.9. The second-order valence-corrected chi connectivity index (χ2v) is 4.21. The SMILES string of the molecule is C[S@@](=O)c1cccc(Br)c1. The Morgan fingerprint density at radius 1 is 1.50 bits per heavy atom. The van der Waals surface area contributed by atoms with Crippen LogP contribution in [0, 0.1) is 0 Å². The van der Waals surface area contributed by atoms with E-state index in [0.29, 0.717) is 0 Å². The predicted octanol–water partition coefficient (Wildman–Crippen LogP) is 2.19. The van der Waals surface area contributed by atoms with Crippen LogP contribution in [0.2, 0.25) is 0 Å². The molecule has 1 aromatic carbocycles. The Bertz CT molecular complexity index is 260. The Morgan fingerprint density at radius 2 is 2.20 bits per heavy atom. The fourth-order valence-electron chi connectivity index (χ4n) is 0.646. The third-order valence-corrected chi connectivity index (χ3v) is 2.54. The van der Waals surface area contributed by atoms with E-state index in [1.165, 1.54) is 0 Å². The molecule has 0 unspecified atom stereocenters. The molecule has 1 rings (SSSR count). The van der Waals surface area contributed by atoms with Crippen molar-refractivity contribution in [1.29, 1.82) is 0 Å². The normalized spacial score (nSPS) is 13.0. The quantitative estimate of drug-likeness (QED) is 0.707. The van der Waals surface area contributed by atoms with Gasteiger partial charge in [-0.3, -0.25) is 4.21 Å². The largest absolute Gasteiger partial charge is 0.255 e. The van der Waals surface area contributed by atoms with E-state index >= 15 is 0 Å². The van der Waals surface area contributed by atoms with Crippen LogP contribution in [-0.4, -0.2) is 10.5 Å². The Labute approximate surface area is 71.0 Å². The van der Waals surface area contributed by atoms with Gasteiger partial charge >= 0.3 is 0 Å². The minimum absolute atomic E-state index is 0.856. The second kappa shape index (κ2) is 3.30. The van der Waals surface area contributed by atoms with Gasteiger partial charge < -0.3 is 0 Å². The summed E-state index contributed by atoms with van der Waals surface area (Å²) >= 11 is 3.30. The van der Waals surface area contributed by atoms with Crippen LogP contribution in [0.3, 0.4) is 0 Å². The van der Waals surface area contributed by atoms with Crippen molar-refractivity contribution < 1.29 is 4.21 Å². The molecule has 0 saturated carbocycles. The zero-order valence-corrected chi connectivity index (χ0v) is 7.91. The fourth-order valence-corrected chi connectivity index (χ4v) is 1.76. The first-order chi connectivity index (χ1) is 4.70. The number of rotatable bonds is 1. The highest BCUT2D eigenvalue weighted by Gasteiger charge is 1.95. The molecule has 0 aliphatic rings. The summed E-state index contributed by atoms with van der Waals surface area (Å²) in [6.07, 6.45) is 1.67. The van der Waals surface area contributed by atoms with E-state index < -0.39 is 10.8 Å². The molecule has 1 nitrogen and oxygen atoms in total. The van der Waals surface area contributed by atoms with Gasteiger partial charge in [0.1, 0.15) is 0 Å². The standard InChI is InChI=1S/C7H7BrOS/c1-10(9)7-4-2-3-6(8)5-7/h2-5H,1H3/t10-/m1/s1. The average molecular weight is 219 g/mol. The van der Waals surface area contributed by atoms with Crippen molar-refractivity contribution >= 4 is 26.7 Å². The molecule has 3 heteroatoms. The first kappa shape index (κ1) is 7.95. The first-order valence-corrected chi connectivity index (χ1v) is 5.14. The van der Waals surface area contributed by atoms with Crippen molar-refractivity contribution in [3.63, 3.8) is 0 Å². The summed E-state index contributed by atoms with van der Waals surface area (Å²) in [5.41, 5.74) is 0. The van der Waals surface area contributed by atoms with E-state index in [2.05, 4.69) is 15.9 Å². The van der Waals surface area contributed by atoms with Crippen LogP contribution < -0.4 is 0 Å². The van der Waals surface area contributed by atoms with Crippen LogP contribution in [0.25, 0.3) is 0 Å². The molecule has 0 spiro atoms. The Morgan fingerprint density at radius 3 is 2.60 bits per heavy atom. The van der Waals surface area contributed by atoms with Gasteiger partial charge in [0.2, 0.25) is 0 Å². The molecular weight excluding hydrogens is 212 g/mol. The lowest BCUT2D eigenvalue weighted by Gasteiger charge is -1.94. The smallest absolute Gasteiger partial charge is 0.0498 e. The molecule has 0 aliphatic carbocycles. The Kier molecular flexibility index (Phi) is 2.63. The second-order valence-electron chi connectivity index (χ2n) is 1.91. The summed E-state index contributed by atoms with van der Waals surface area (Å²) in [7, 11) is -0.869. The zero-order valence-electron chi connectivity index (χ0n) is 5.50. The molecule has 10 heavy (non-hydrogen) atoms. The Hall–Kier alpha value is -0.150. The molecule has 0 amide bonds. The van der Waals surface area contributed by atoms with E-state index in [1.807, 2.05) is 24.3 Å². The highest BCUT2D eigenvalue weighted by molar-refractivity contribution is 9.10. The summed E-state index contributed by atoms with van der Waals surface area (Å²) in [5.74, 6) is 0. The summed E-state index contributed by atoms with van der Waals surface area (Å²) in [6, 6.07) is 7.49. The van der Waals surface area contributed by atoms with E-state index in [-0.39, 0.29) is 0 Å². The van der Waals surface area contributed by atoms with Gasteiger partial charge in [-0.2, -0.15) is 0 Å². The molecule has 0 aliphatic heterocycles. The van der Waals surface area contributed by atoms with Gasteiger partial charge in [0, 0.05) is 26.4 Å². The maximum Gasteiger partial charge on any atom is 0.0498 e. The molecule has 0 saturated heterocycles. The van der Waals surface area contributed by atoms with Crippen molar-refractivity contribution in [1.82, 2.24) is 0 Å². The maximum absolute atomic E-state index is 10.9. The van der Waals surface area contributed by atoms with Crippen molar-refractivity contribution in [2.45, 2.75) is 4.90 Å². The summed E-state index contributed by atoms with van der Waals surface area (Å²) in [6.45, 7) is 0. The third-order valence-electron chi connectivity index (χ3n) is 1.13. The molecule has 0 N–H and O–H groups in total.